The molecule has 0 saturated carbocycles. The molecule has 1 amide bonds. The molecule has 6 heteroatoms. The molecule has 2 unspecified atom stereocenters. The summed E-state index contributed by atoms with van der Waals surface area (Å²) in [6.45, 7) is 9.06. The van der Waals surface area contributed by atoms with E-state index < -0.39 is 0 Å². The molecule has 21 heavy (non-hydrogen) atoms. The van der Waals surface area contributed by atoms with Crippen LogP contribution in [0.25, 0.3) is 0 Å². The minimum atomic E-state index is -0.333. The topological polar surface area (TPSA) is 74.6 Å². The van der Waals surface area contributed by atoms with Gasteiger partial charge in [-0.2, -0.15) is 5.26 Å². The fourth-order valence-electron chi connectivity index (χ4n) is 2.26. The van der Waals surface area contributed by atoms with Gasteiger partial charge < -0.3 is 19.7 Å². The highest BCUT2D eigenvalue weighted by Gasteiger charge is 2.21. The van der Waals surface area contributed by atoms with Gasteiger partial charge in [0.15, 0.2) is 0 Å². The number of carbonyl (C=O) groups is 1. The van der Waals surface area contributed by atoms with Crippen molar-refractivity contribution in [3.63, 3.8) is 0 Å². The molecule has 2 atom stereocenters. The van der Waals surface area contributed by atoms with Crippen molar-refractivity contribution < 1.29 is 14.3 Å². The number of morpholine rings is 1. The van der Waals surface area contributed by atoms with Crippen molar-refractivity contribution in [3.8, 4) is 6.07 Å². The van der Waals surface area contributed by atoms with Gasteiger partial charge in [0.2, 0.25) is 0 Å². The zero-order valence-electron chi connectivity index (χ0n) is 13.1. The molecule has 0 spiro atoms. The Morgan fingerprint density at radius 2 is 2.14 bits per heavy atom. The zero-order valence-corrected chi connectivity index (χ0v) is 13.1. The molecule has 0 aromatic rings. The molecule has 1 saturated heterocycles. The third-order valence-electron chi connectivity index (χ3n) is 3.08. The van der Waals surface area contributed by atoms with Crippen molar-refractivity contribution >= 4 is 5.91 Å². The van der Waals surface area contributed by atoms with E-state index in [4.69, 9.17) is 14.7 Å². The Kier molecular flexibility index (Phi) is 7.80. The molecule has 0 bridgehead atoms. The Morgan fingerprint density at radius 1 is 1.48 bits per heavy atom. The second-order valence-corrected chi connectivity index (χ2v) is 5.17. The van der Waals surface area contributed by atoms with Gasteiger partial charge in [0, 0.05) is 39.0 Å². The van der Waals surface area contributed by atoms with Gasteiger partial charge in [0.25, 0.3) is 5.91 Å². The average Bonchev–Trinajstić information content (AvgIpc) is 2.43. The van der Waals surface area contributed by atoms with E-state index in [9.17, 15) is 4.79 Å². The number of carbonyl (C=O) groups excluding carboxylic acids is 1. The van der Waals surface area contributed by atoms with E-state index in [1.165, 1.54) is 0 Å². The fourth-order valence-corrected chi connectivity index (χ4v) is 2.26. The van der Waals surface area contributed by atoms with Gasteiger partial charge in [0.05, 0.1) is 12.2 Å². The lowest BCUT2D eigenvalue weighted by Crippen LogP contribution is -2.43. The summed E-state index contributed by atoms with van der Waals surface area (Å²) in [5.74, 6) is -0.333. The smallest absolute Gasteiger partial charge is 0.263 e. The molecule has 1 aliphatic heterocycles. The van der Waals surface area contributed by atoms with Gasteiger partial charge in [0.1, 0.15) is 11.6 Å². The van der Waals surface area contributed by atoms with Crippen LogP contribution in [0.1, 0.15) is 27.2 Å². The van der Waals surface area contributed by atoms with Crippen molar-refractivity contribution in [2.24, 2.45) is 0 Å². The van der Waals surface area contributed by atoms with Crippen LogP contribution in [0.5, 0.6) is 0 Å². The van der Waals surface area contributed by atoms with Gasteiger partial charge in [-0.25, -0.2) is 0 Å². The maximum atomic E-state index is 11.9. The molecule has 1 rings (SSSR count). The Balaban J connectivity index is 2.47. The number of amides is 1. The number of nitrogens with zero attached hydrogens (tertiary/aromatic N) is 2. The first-order chi connectivity index (χ1) is 10.1. The van der Waals surface area contributed by atoms with Gasteiger partial charge in [-0.15, -0.1) is 0 Å². The Bertz CT molecular complexity index is 393. The predicted octanol–water partition coefficient (Wildman–Crippen LogP) is 1.05. The summed E-state index contributed by atoms with van der Waals surface area (Å²) in [5, 5.41) is 11.9. The van der Waals surface area contributed by atoms with Crippen LogP contribution in [0.4, 0.5) is 0 Å². The van der Waals surface area contributed by atoms with Gasteiger partial charge in [-0.3, -0.25) is 4.79 Å². The number of nitrogens with one attached hydrogen (secondary N) is 1. The molecule has 1 fully saturated rings. The summed E-state index contributed by atoms with van der Waals surface area (Å²) in [5.41, 5.74) is 0.132. The Morgan fingerprint density at radius 3 is 2.71 bits per heavy atom. The minimum absolute atomic E-state index is 0.0965. The van der Waals surface area contributed by atoms with E-state index in [0.29, 0.717) is 32.8 Å². The van der Waals surface area contributed by atoms with Crippen molar-refractivity contribution in [2.45, 2.75) is 39.4 Å². The van der Waals surface area contributed by atoms with E-state index in [1.807, 2.05) is 31.7 Å². The summed E-state index contributed by atoms with van der Waals surface area (Å²) in [7, 11) is 0. The van der Waals surface area contributed by atoms with Crippen LogP contribution in [-0.4, -0.2) is 55.9 Å². The molecule has 6 nitrogen and oxygen atoms in total. The molecule has 1 heterocycles. The van der Waals surface area contributed by atoms with Gasteiger partial charge >= 0.3 is 0 Å². The zero-order chi connectivity index (χ0) is 15.7. The number of ether oxygens (including phenoxy) is 2. The first-order valence-corrected chi connectivity index (χ1v) is 7.44. The summed E-state index contributed by atoms with van der Waals surface area (Å²) < 4.78 is 10.8. The Hall–Kier alpha value is -1.58. The summed E-state index contributed by atoms with van der Waals surface area (Å²) >= 11 is 0. The number of hydrogen-bond donors (Lipinski definition) is 1. The first-order valence-electron chi connectivity index (χ1n) is 7.44. The lowest BCUT2D eigenvalue weighted by atomic mass is 10.2. The lowest BCUT2D eigenvalue weighted by Gasteiger charge is -2.34. The average molecular weight is 295 g/mol. The van der Waals surface area contributed by atoms with E-state index in [1.54, 1.807) is 6.20 Å². The predicted molar refractivity (Wildman–Crippen MR) is 79.4 cm³/mol. The largest absolute Gasteiger partial charge is 0.382 e. The summed E-state index contributed by atoms with van der Waals surface area (Å²) in [4.78, 5) is 13.9. The standard InChI is InChI=1S/C15H25N3O3/c1-4-20-7-5-6-17-15(19)14(8-16)11-18-9-12(2)21-13(3)10-18/h11-13H,4-7,9-10H2,1-3H3,(H,17,19)/b14-11-. The second-order valence-electron chi connectivity index (χ2n) is 5.17. The number of hydrogen-bond acceptors (Lipinski definition) is 5. The maximum absolute atomic E-state index is 11.9. The highest BCUT2D eigenvalue weighted by atomic mass is 16.5. The monoisotopic (exact) mass is 295 g/mol. The van der Waals surface area contributed by atoms with Crippen LogP contribution in [0, 0.1) is 11.3 Å². The molecule has 0 aromatic carbocycles. The molecule has 0 radical (unpaired) electrons. The minimum Gasteiger partial charge on any atom is -0.382 e. The van der Waals surface area contributed by atoms with E-state index in [0.717, 1.165) is 6.42 Å². The molecule has 0 aromatic heterocycles. The third kappa shape index (κ3) is 6.61. The quantitative estimate of drug-likeness (QED) is 0.431. The third-order valence-corrected chi connectivity index (χ3v) is 3.08. The highest BCUT2D eigenvalue weighted by Crippen LogP contribution is 2.12. The molecule has 118 valence electrons. The summed E-state index contributed by atoms with van der Waals surface area (Å²) in [6.07, 6.45) is 2.57. The first kappa shape index (κ1) is 17.5. The van der Waals surface area contributed by atoms with Crippen LogP contribution in [0.3, 0.4) is 0 Å². The van der Waals surface area contributed by atoms with Crippen molar-refractivity contribution in [3.05, 3.63) is 11.8 Å². The van der Waals surface area contributed by atoms with Gasteiger partial charge in [-0.1, -0.05) is 0 Å². The van der Waals surface area contributed by atoms with E-state index in [2.05, 4.69) is 5.32 Å². The maximum Gasteiger partial charge on any atom is 0.263 e. The number of rotatable bonds is 7. The molecular weight excluding hydrogens is 270 g/mol. The van der Waals surface area contributed by atoms with Crippen LogP contribution in [0.15, 0.2) is 11.8 Å². The van der Waals surface area contributed by atoms with E-state index >= 15 is 0 Å². The normalized spacial score (nSPS) is 22.8. The SMILES string of the molecule is CCOCCCNC(=O)/C(C#N)=C\N1CC(C)OC(C)C1. The molecule has 0 aliphatic carbocycles. The van der Waals surface area contributed by atoms with Gasteiger partial charge in [-0.05, 0) is 27.2 Å². The van der Waals surface area contributed by atoms with Crippen LogP contribution >= 0.6 is 0 Å². The van der Waals surface area contributed by atoms with Crippen LogP contribution in [-0.2, 0) is 14.3 Å². The lowest BCUT2D eigenvalue weighted by molar-refractivity contribution is -0.117. The van der Waals surface area contributed by atoms with Crippen molar-refractivity contribution in [1.82, 2.24) is 10.2 Å². The van der Waals surface area contributed by atoms with Crippen molar-refractivity contribution in [1.29, 1.82) is 5.26 Å². The Labute approximate surface area is 126 Å². The molecule has 1 aliphatic rings. The van der Waals surface area contributed by atoms with Crippen LogP contribution < -0.4 is 5.32 Å². The van der Waals surface area contributed by atoms with Crippen LogP contribution in [0.2, 0.25) is 0 Å². The van der Waals surface area contributed by atoms with Crippen molar-refractivity contribution in [2.75, 3.05) is 32.8 Å². The fraction of sp³-hybridized carbons (Fsp3) is 0.733. The number of nitriles is 1. The molecule has 1 N–H and O–H groups in total. The summed E-state index contributed by atoms with van der Waals surface area (Å²) in [6, 6.07) is 1.97. The molecular formula is C15H25N3O3. The highest BCUT2D eigenvalue weighted by molar-refractivity contribution is 5.97. The second kappa shape index (κ2) is 9.37. The van der Waals surface area contributed by atoms with E-state index in [-0.39, 0.29) is 23.7 Å².